The fourth-order valence-corrected chi connectivity index (χ4v) is 2.49. The molecule has 1 atom stereocenters. The van der Waals surface area contributed by atoms with Crippen molar-refractivity contribution in [2.24, 2.45) is 0 Å². The normalized spacial score (nSPS) is 9.24. The standard InChI is InChI=1S/C28H30O5/c1-3-5-7-9-11-13-15-16-18-20-22-27(30)32-25-26(24-29)33-28(31)23-21-19-17-14-12-10-8-6-4-2/h1,26,29H,4,6,8,10,12,14,17,19,21,23-25H2,2H3/t26-/m1/s1. The van der Waals surface area contributed by atoms with Crippen LogP contribution in [0.5, 0.6) is 0 Å². The van der Waals surface area contributed by atoms with Gasteiger partial charge in [0.1, 0.15) is 6.61 Å². The average Bonchev–Trinajstić information content (AvgIpc) is 2.81. The predicted molar refractivity (Wildman–Crippen MR) is 127 cm³/mol. The first-order valence-electron chi connectivity index (χ1n) is 11.1. The van der Waals surface area contributed by atoms with Crippen LogP contribution in [0.25, 0.3) is 0 Å². The molecule has 0 aliphatic heterocycles. The topological polar surface area (TPSA) is 72.8 Å². The van der Waals surface area contributed by atoms with Crippen molar-refractivity contribution in [2.45, 2.75) is 77.2 Å². The summed E-state index contributed by atoms with van der Waals surface area (Å²) in [5.41, 5.74) is 0. The van der Waals surface area contributed by atoms with E-state index >= 15 is 0 Å². The second-order valence-corrected chi connectivity index (χ2v) is 6.87. The third-order valence-corrected chi connectivity index (χ3v) is 4.12. The highest BCUT2D eigenvalue weighted by Gasteiger charge is 2.15. The van der Waals surface area contributed by atoms with Crippen molar-refractivity contribution in [3.63, 3.8) is 0 Å². The van der Waals surface area contributed by atoms with E-state index in [1.807, 2.05) is 0 Å². The molecule has 0 unspecified atom stereocenters. The Labute approximate surface area is 198 Å². The van der Waals surface area contributed by atoms with Gasteiger partial charge in [-0.2, -0.15) is 0 Å². The molecular weight excluding hydrogens is 416 g/mol. The number of rotatable bonds is 14. The molecular formula is C28H30O5. The number of esters is 2. The summed E-state index contributed by atoms with van der Waals surface area (Å²) in [6.45, 7) is 1.47. The average molecular weight is 447 g/mol. The van der Waals surface area contributed by atoms with Crippen LogP contribution in [0.4, 0.5) is 0 Å². The highest BCUT2D eigenvalue weighted by molar-refractivity contribution is 5.89. The van der Waals surface area contributed by atoms with Gasteiger partial charge in [0.15, 0.2) is 6.10 Å². The monoisotopic (exact) mass is 446 g/mol. The quantitative estimate of drug-likeness (QED) is 0.192. The van der Waals surface area contributed by atoms with Gasteiger partial charge in [0.25, 0.3) is 0 Å². The van der Waals surface area contributed by atoms with Crippen molar-refractivity contribution in [1.29, 1.82) is 0 Å². The molecule has 0 heterocycles. The minimum atomic E-state index is -0.921. The highest BCUT2D eigenvalue weighted by atomic mass is 16.6. The Morgan fingerprint density at radius 3 is 1.85 bits per heavy atom. The number of hydrogen-bond donors (Lipinski definition) is 1. The number of aliphatic hydroxyl groups is 1. The molecule has 0 aliphatic rings. The molecule has 0 rings (SSSR count). The largest absolute Gasteiger partial charge is 0.456 e. The molecule has 0 saturated carbocycles. The van der Waals surface area contributed by atoms with Gasteiger partial charge in [-0.05, 0) is 65.6 Å². The molecule has 0 aromatic heterocycles. The van der Waals surface area contributed by atoms with Crippen molar-refractivity contribution in [3.05, 3.63) is 0 Å². The molecule has 5 nitrogen and oxygen atoms in total. The summed E-state index contributed by atoms with van der Waals surface area (Å²) in [5.74, 6) is 24.3. The second-order valence-electron chi connectivity index (χ2n) is 6.87. The van der Waals surface area contributed by atoms with Gasteiger partial charge in [-0.25, -0.2) is 4.79 Å². The van der Waals surface area contributed by atoms with E-state index in [4.69, 9.17) is 15.9 Å². The number of ether oxygens (including phenoxy) is 2. The Kier molecular flexibility index (Phi) is 20.3. The van der Waals surface area contributed by atoms with E-state index in [-0.39, 0.29) is 13.0 Å². The van der Waals surface area contributed by atoms with Crippen molar-refractivity contribution >= 4 is 11.9 Å². The van der Waals surface area contributed by atoms with Crippen molar-refractivity contribution in [1.82, 2.24) is 0 Å². The van der Waals surface area contributed by atoms with Crippen LogP contribution in [-0.4, -0.2) is 36.4 Å². The summed E-state index contributed by atoms with van der Waals surface area (Å²) in [6, 6.07) is 0. The summed E-state index contributed by atoms with van der Waals surface area (Å²) in [6.07, 6.45) is 14.6. The van der Waals surface area contributed by atoms with E-state index < -0.39 is 24.6 Å². The van der Waals surface area contributed by atoms with Gasteiger partial charge in [0, 0.05) is 12.3 Å². The maximum atomic E-state index is 11.9. The number of hydrogen-bond acceptors (Lipinski definition) is 5. The van der Waals surface area contributed by atoms with E-state index in [1.54, 1.807) is 0 Å². The summed E-state index contributed by atoms with van der Waals surface area (Å²) >= 11 is 0. The molecule has 1 N–H and O–H groups in total. The van der Waals surface area contributed by atoms with Gasteiger partial charge in [-0.15, -0.1) is 6.42 Å². The SMILES string of the molecule is C#CC#CC#CC#CC#CC#CC(=O)OC[C@@H](CO)OC(=O)CCCCCCCCCCC. The van der Waals surface area contributed by atoms with Crippen LogP contribution in [0.3, 0.4) is 0 Å². The molecule has 0 saturated heterocycles. The first-order chi connectivity index (χ1) is 16.1. The lowest BCUT2D eigenvalue weighted by molar-refractivity contribution is -0.159. The Morgan fingerprint density at radius 2 is 1.30 bits per heavy atom. The Hall–Kier alpha value is -3.74. The molecule has 172 valence electrons. The summed E-state index contributed by atoms with van der Waals surface area (Å²) in [4.78, 5) is 23.4. The van der Waals surface area contributed by atoms with E-state index in [9.17, 15) is 14.7 Å². The lowest BCUT2D eigenvalue weighted by Gasteiger charge is -2.14. The maximum Gasteiger partial charge on any atom is 0.385 e. The van der Waals surface area contributed by atoms with E-state index in [1.165, 1.54) is 38.5 Å². The second kappa shape index (κ2) is 22.9. The van der Waals surface area contributed by atoms with Crippen LogP contribution in [-0.2, 0) is 19.1 Å². The van der Waals surface area contributed by atoms with Gasteiger partial charge in [0.2, 0.25) is 0 Å². The van der Waals surface area contributed by atoms with Crippen LogP contribution >= 0.6 is 0 Å². The lowest BCUT2D eigenvalue weighted by Crippen LogP contribution is -2.28. The molecule has 0 aromatic carbocycles. The predicted octanol–water partition coefficient (Wildman–Crippen LogP) is 3.00. The molecule has 0 amide bonds. The molecule has 0 spiro atoms. The maximum absolute atomic E-state index is 11.9. The highest BCUT2D eigenvalue weighted by Crippen LogP contribution is 2.11. The minimum absolute atomic E-state index is 0.275. The molecule has 0 fully saturated rings. The third kappa shape index (κ3) is 21.3. The lowest BCUT2D eigenvalue weighted by atomic mass is 10.1. The van der Waals surface area contributed by atoms with E-state index in [0.29, 0.717) is 0 Å². The van der Waals surface area contributed by atoms with E-state index in [2.05, 4.69) is 72.0 Å². The number of unbranched alkanes of at least 4 members (excludes halogenated alkanes) is 8. The summed E-state index contributed by atoms with van der Waals surface area (Å²) in [7, 11) is 0. The first kappa shape index (κ1) is 29.3. The third-order valence-electron chi connectivity index (χ3n) is 4.12. The van der Waals surface area contributed by atoms with Crippen molar-refractivity contribution < 1.29 is 24.2 Å². The molecule has 0 aromatic rings. The van der Waals surface area contributed by atoms with Gasteiger partial charge in [-0.1, -0.05) is 58.3 Å². The van der Waals surface area contributed by atoms with Gasteiger partial charge in [0.05, 0.1) is 6.61 Å². The number of carbonyl (C=O) groups excluding carboxylic acids is 2. The molecule has 0 radical (unpaired) electrons. The van der Waals surface area contributed by atoms with Crippen LogP contribution in [0.1, 0.15) is 71.1 Å². The summed E-state index contributed by atoms with van der Waals surface area (Å²) < 4.78 is 10.0. The Balaban J connectivity index is 4.06. The van der Waals surface area contributed by atoms with E-state index in [0.717, 1.165) is 19.3 Å². The molecule has 0 aliphatic carbocycles. The van der Waals surface area contributed by atoms with Crippen molar-refractivity contribution in [2.75, 3.05) is 13.2 Å². The van der Waals surface area contributed by atoms with Crippen LogP contribution in [0.2, 0.25) is 0 Å². The zero-order valence-corrected chi connectivity index (χ0v) is 19.2. The number of carbonyl (C=O) groups is 2. The zero-order valence-electron chi connectivity index (χ0n) is 19.2. The fraction of sp³-hybridized carbons (Fsp3) is 0.500. The van der Waals surface area contributed by atoms with Crippen LogP contribution < -0.4 is 0 Å². The zero-order chi connectivity index (χ0) is 24.4. The first-order valence-corrected chi connectivity index (χ1v) is 11.1. The number of aliphatic hydroxyl groups excluding tert-OH is 1. The van der Waals surface area contributed by atoms with Crippen LogP contribution in [0.15, 0.2) is 0 Å². The summed E-state index contributed by atoms with van der Waals surface area (Å²) in [5, 5.41) is 9.31. The van der Waals surface area contributed by atoms with Gasteiger partial charge >= 0.3 is 11.9 Å². The van der Waals surface area contributed by atoms with Crippen LogP contribution in [0, 0.1) is 71.5 Å². The molecule has 0 bridgehead atoms. The Bertz CT molecular complexity index is 943. The fourth-order valence-electron chi connectivity index (χ4n) is 2.49. The number of terminal acetylenes is 1. The molecule has 5 heteroatoms. The Morgan fingerprint density at radius 1 is 0.788 bits per heavy atom. The minimum Gasteiger partial charge on any atom is -0.456 e. The van der Waals surface area contributed by atoms with Crippen molar-refractivity contribution in [3.8, 4) is 71.5 Å². The van der Waals surface area contributed by atoms with Gasteiger partial charge < -0.3 is 14.6 Å². The smallest absolute Gasteiger partial charge is 0.385 e. The molecule has 33 heavy (non-hydrogen) atoms. The van der Waals surface area contributed by atoms with Gasteiger partial charge in [-0.3, -0.25) is 4.79 Å².